The molecule has 3 heteroatoms. The average Bonchev–Trinajstić information content (AvgIpc) is 4.00. The topological polar surface area (TPSA) is 22.8 Å². The Bertz CT molecular complexity index is 3550. The Labute approximate surface area is 384 Å². The average molecular weight is 842 g/mol. The van der Waals surface area contributed by atoms with Crippen LogP contribution in [0.5, 0.6) is 0 Å². The quantitative estimate of drug-likeness (QED) is 0.142. The van der Waals surface area contributed by atoms with E-state index in [2.05, 4.69) is 264 Å². The van der Waals surface area contributed by atoms with E-state index in [0.29, 0.717) is 0 Å². The van der Waals surface area contributed by atoms with Crippen molar-refractivity contribution in [3.05, 3.63) is 261 Å². The van der Waals surface area contributed by atoms with Crippen molar-refractivity contribution in [1.29, 1.82) is 0 Å². The molecular weight excluding hydrogens is 799 g/mol. The fourth-order valence-corrected chi connectivity index (χ4v) is 9.58. The number of benzene rings is 10. The molecule has 0 unspecified atom stereocenters. The van der Waals surface area contributed by atoms with Crippen LogP contribution in [0.1, 0.15) is 0 Å². The van der Waals surface area contributed by atoms with Crippen molar-refractivity contribution in [2.45, 2.75) is 0 Å². The third-order valence-corrected chi connectivity index (χ3v) is 12.8. The Morgan fingerprint density at radius 3 is 1.11 bits per heavy atom. The highest BCUT2D eigenvalue weighted by Gasteiger charge is 2.18. The summed E-state index contributed by atoms with van der Waals surface area (Å²) in [6, 6.07) is 93.6. The fourth-order valence-electron chi connectivity index (χ4n) is 9.58. The SMILES string of the molecule is c1ccc(-c2ccc3c(c2)c2cc(-c4ccccc4)ccc2n3-c2ccc(-c3ccccc3-c3ccccc3-c3ccc(-n4nc(-c5ccccc5)cc4-c4ccccc4)cc3)cc2)cc1. The van der Waals surface area contributed by atoms with Crippen molar-refractivity contribution >= 4 is 21.8 Å². The molecule has 12 aromatic rings. The second kappa shape index (κ2) is 16.7. The van der Waals surface area contributed by atoms with Gasteiger partial charge in [0.15, 0.2) is 0 Å². The lowest BCUT2D eigenvalue weighted by molar-refractivity contribution is 0.892. The Hall–Kier alpha value is -8.79. The van der Waals surface area contributed by atoms with Crippen molar-refractivity contribution in [1.82, 2.24) is 14.3 Å². The van der Waals surface area contributed by atoms with Gasteiger partial charge in [-0.05, 0) is 110 Å². The van der Waals surface area contributed by atoms with E-state index in [1.807, 2.05) is 6.07 Å². The fraction of sp³-hybridized carbons (Fsp3) is 0. The second-order valence-corrected chi connectivity index (χ2v) is 16.8. The van der Waals surface area contributed by atoms with Crippen LogP contribution in [0, 0.1) is 0 Å². The van der Waals surface area contributed by atoms with Gasteiger partial charge in [0.05, 0.1) is 28.1 Å². The van der Waals surface area contributed by atoms with E-state index < -0.39 is 0 Å². The zero-order chi connectivity index (χ0) is 43.8. The minimum atomic E-state index is 0.943. The number of hydrogen-bond donors (Lipinski definition) is 0. The molecule has 0 atom stereocenters. The minimum absolute atomic E-state index is 0.943. The summed E-state index contributed by atoms with van der Waals surface area (Å²) in [5, 5.41) is 7.61. The van der Waals surface area contributed by atoms with Crippen molar-refractivity contribution in [2.24, 2.45) is 0 Å². The number of hydrogen-bond acceptors (Lipinski definition) is 1. The summed E-state index contributed by atoms with van der Waals surface area (Å²) in [5.74, 6) is 0. The number of rotatable bonds is 9. The van der Waals surface area contributed by atoms with Gasteiger partial charge < -0.3 is 4.57 Å². The van der Waals surface area contributed by atoms with E-state index in [4.69, 9.17) is 5.10 Å². The van der Waals surface area contributed by atoms with E-state index in [1.165, 1.54) is 71.9 Å². The first-order valence-corrected chi connectivity index (χ1v) is 22.5. The molecule has 0 N–H and O–H groups in total. The van der Waals surface area contributed by atoms with Gasteiger partial charge in [0.1, 0.15) is 0 Å². The Morgan fingerprint density at radius 2 is 0.636 bits per heavy atom. The van der Waals surface area contributed by atoms with Crippen molar-refractivity contribution in [3.8, 4) is 89.5 Å². The van der Waals surface area contributed by atoms with Gasteiger partial charge in [-0.3, -0.25) is 0 Å². The molecule has 0 aliphatic rings. The van der Waals surface area contributed by atoms with Crippen LogP contribution in [0.4, 0.5) is 0 Å². The molecule has 0 bridgehead atoms. The Kier molecular flexibility index (Phi) is 9.85. The molecule has 0 aliphatic heterocycles. The van der Waals surface area contributed by atoms with Gasteiger partial charge >= 0.3 is 0 Å². The molecule has 10 aromatic carbocycles. The highest BCUT2D eigenvalue weighted by Crippen LogP contribution is 2.41. The molecule has 0 spiro atoms. The van der Waals surface area contributed by atoms with E-state index in [-0.39, 0.29) is 0 Å². The largest absolute Gasteiger partial charge is 0.309 e. The highest BCUT2D eigenvalue weighted by atomic mass is 15.3. The maximum Gasteiger partial charge on any atom is 0.0934 e. The summed E-state index contributed by atoms with van der Waals surface area (Å²) in [4.78, 5) is 0. The maximum atomic E-state index is 5.14. The lowest BCUT2D eigenvalue weighted by atomic mass is 9.89. The summed E-state index contributed by atoms with van der Waals surface area (Å²) >= 11 is 0. The molecule has 2 heterocycles. The van der Waals surface area contributed by atoms with Gasteiger partial charge in [-0.1, -0.05) is 206 Å². The van der Waals surface area contributed by atoms with Gasteiger partial charge in [-0.2, -0.15) is 5.10 Å². The standard InChI is InChI=1S/C63H43N3/c1-5-17-44(18-6-1)50-33-39-61-58(41-50)59-42-51(45-19-7-2-8-20-45)34-40-62(59)65(61)52-35-29-46(30-36-52)54-25-13-15-27-56(54)57-28-16-14-26-55(57)47-31-37-53(38-32-47)66-63(49-23-11-4-12-24-49)43-60(64-66)48-21-9-3-10-22-48/h1-43H. The van der Waals surface area contributed by atoms with Crippen molar-refractivity contribution in [2.75, 3.05) is 0 Å². The molecule has 0 fully saturated rings. The van der Waals surface area contributed by atoms with Crippen LogP contribution in [0.15, 0.2) is 261 Å². The molecule has 0 saturated heterocycles. The zero-order valence-electron chi connectivity index (χ0n) is 36.2. The van der Waals surface area contributed by atoms with Crippen LogP contribution < -0.4 is 0 Å². The summed E-state index contributed by atoms with van der Waals surface area (Å²) in [7, 11) is 0. The van der Waals surface area contributed by atoms with E-state index in [1.54, 1.807) is 0 Å². The molecule has 3 nitrogen and oxygen atoms in total. The molecule has 0 radical (unpaired) electrons. The van der Waals surface area contributed by atoms with Crippen LogP contribution in [0.2, 0.25) is 0 Å². The molecule has 66 heavy (non-hydrogen) atoms. The molecule has 0 saturated carbocycles. The molecule has 310 valence electrons. The molecule has 0 aliphatic carbocycles. The normalized spacial score (nSPS) is 11.3. The molecule has 12 rings (SSSR count). The molecular formula is C63H43N3. The lowest BCUT2D eigenvalue weighted by Gasteiger charge is -2.16. The summed E-state index contributed by atoms with van der Waals surface area (Å²) < 4.78 is 4.48. The van der Waals surface area contributed by atoms with Gasteiger partial charge in [-0.15, -0.1) is 0 Å². The van der Waals surface area contributed by atoms with Crippen LogP contribution in [-0.4, -0.2) is 14.3 Å². The van der Waals surface area contributed by atoms with Gasteiger partial charge in [0.2, 0.25) is 0 Å². The van der Waals surface area contributed by atoms with Crippen LogP contribution in [0.3, 0.4) is 0 Å². The number of fused-ring (bicyclic) bond motifs is 3. The van der Waals surface area contributed by atoms with E-state index >= 15 is 0 Å². The van der Waals surface area contributed by atoms with E-state index in [9.17, 15) is 0 Å². The first-order chi connectivity index (χ1) is 32.7. The monoisotopic (exact) mass is 841 g/mol. The maximum absolute atomic E-state index is 5.14. The second-order valence-electron chi connectivity index (χ2n) is 16.8. The summed E-state index contributed by atoms with van der Waals surface area (Å²) in [6.45, 7) is 0. The number of nitrogens with zero attached hydrogens (tertiary/aromatic N) is 3. The van der Waals surface area contributed by atoms with Crippen LogP contribution in [0.25, 0.3) is 111 Å². The minimum Gasteiger partial charge on any atom is -0.309 e. The summed E-state index contributed by atoms with van der Waals surface area (Å²) in [6.07, 6.45) is 0. The number of aromatic nitrogens is 3. The van der Waals surface area contributed by atoms with Gasteiger partial charge in [-0.25, -0.2) is 4.68 Å². The van der Waals surface area contributed by atoms with Crippen molar-refractivity contribution < 1.29 is 0 Å². The zero-order valence-corrected chi connectivity index (χ0v) is 36.2. The Balaban J connectivity index is 0.907. The Morgan fingerprint density at radius 1 is 0.258 bits per heavy atom. The predicted octanol–water partition coefficient (Wildman–Crippen LogP) is 16.6. The third kappa shape index (κ3) is 7.10. The molecule has 0 amide bonds. The predicted molar refractivity (Wildman–Crippen MR) is 276 cm³/mol. The lowest BCUT2D eigenvalue weighted by Crippen LogP contribution is -1.99. The highest BCUT2D eigenvalue weighted by molar-refractivity contribution is 6.11. The summed E-state index contributed by atoms with van der Waals surface area (Å²) in [5.41, 5.74) is 20.6. The first-order valence-electron chi connectivity index (χ1n) is 22.5. The van der Waals surface area contributed by atoms with E-state index in [0.717, 1.165) is 39.5 Å². The van der Waals surface area contributed by atoms with Gasteiger partial charge in [0.25, 0.3) is 0 Å². The first kappa shape index (κ1) is 38.9. The van der Waals surface area contributed by atoms with Crippen LogP contribution in [-0.2, 0) is 0 Å². The van der Waals surface area contributed by atoms with Gasteiger partial charge in [0, 0.05) is 27.6 Å². The molecule has 2 aromatic heterocycles. The smallest absolute Gasteiger partial charge is 0.0934 e. The van der Waals surface area contributed by atoms with Crippen molar-refractivity contribution in [3.63, 3.8) is 0 Å². The van der Waals surface area contributed by atoms with Crippen LogP contribution >= 0.6 is 0 Å². The third-order valence-electron chi connectivity index (χ3n) is 12.8.